The number of hydrogen-bond acceptors (Lipinski definition) is 5. The number of pyridine rings is 1. The first-order valence-electron chi connectivity index (χ1n) is 8.29. The molecule has 144 valence electrons. The zero-order valence-electron chi connectivity index (χ0n) is 15.1. The minimum atomic E-state index is -2.72. The van der Waals surface area contributed by atoms with Gasteiger partial charge in [0.1, 0.15) is 5.03 Å². The Kier molecular flexibility index (Phi) is 7.29. The van der Waals surface area contributed by atoms with Gasteiger partial charge in [-0.3, -0.25) is 4.79 Å². The molecule has 0 bridgehead atoms. The smallest absolute Gasteiger partial charge is 0.341 e. The van der Waals surface area contributed by atoms with E-state index in [4.69, 9.17) is 4.74 Å². The Bertz CT molecular complexity index is 798. The molecule has 0 spiro atoms. The van der Waals surface area contributed by atoms with Crippen molar-refractivity contribution in [3.05, 3.63) is 53.7 Å². The van der Waals surface area contributed by atoms with Crippen LogP contribution in [0.2, 0.25) is 0 Å². The molecule has 1 amide bonds. The Morgan fingerprint density at radius 2 is 1.78 bits per heavy atom. The topological polar surface area (TPSA) is 68.3 Å². The molecular formula is C19H20F2N2O3S. The Hall–Kier alpha value is -2.48. The van der Waals surface area contributed by atoms with Crippen molar-refractivity contribution in [1.29, 1.82) is 0 Å². The molecule has 0 saturated heterocycles. The molecule has 2 rings (SSSR count). The molecule has 0 unspecified atom stereocenters. The van der Waals surface area contributed by atoms with Gasteiger partial charge in [0.05, 0.1) is 5.56 Å². The number of nitrogens with zero attached hydrogens (tertiary/aromatic N) is 1. The van der Waals surface area contributed by atoms with Crippen LogP contribution in [-0.2, 0) is 9.53 Å². The second kappa shape index (κ2) is 9.45. The number of halogens is 2. The number of benzene rings is 1. The van der Waals surface area contributed by atoms with Gasteiger partial charge >= 0.3 is 5.97 Å². The van der Waals surface area contributed by atoms with Gasteiger partial charge in [0, 0.05) is 11.9 Å². The highest BCUT2D eigenvalue weighted by Gasteiger charge is 2.23. The van der Waals surface area contributed by atoms with E-state index in [-0.39, 0.29) is 22.4 Å². The van der Waals surface area contributed by atoms with Crippen LogP contribution in [0.3, 0.4) is 0 Å². The standard InChI is InChI=1S/C19H20F2N2O3S/c1-11(2)13-6-8-14(9-7-13)23-16(24)12(3)26-18(25)15-5-4-10-22-17(15)27-19(20)21/h4-12,19H,1-3H3,(H,23,24)/t12-/m1/s1. The number of rotatable bonds is 7. The van der Waals surface area contributed by atoms with Crippen LogP contribution in [0.5, 0.6) is 0 Å². The Balaban J connectivity index is 2.00. The second-order valence-electron chi connectivity index (χ2n) is 6.05. The lowest BCUT2D eigenvalue weighted by Gasteiger charge is -2.15. The van der Waals surface area contributed by atoms with Gasteiger partial charge in [-0.25, -0.2) is 9.78 Å². The normalized spacial score (nSPS) is 12.1. The van der Waals surface area contributed by atoms with E-state index in [2.05, 4.69) is 24.1 Å². The number of hydrogen-bond donors (Lipinski definition) is 1. The molecule has 0 radical (unpaired) electrons. The van der Waals surface area contributed by atoms with Gasteiger partial charge in [-0.05, 0) is 54.4 Å². The summed E-state index contributed by atoms with van der Waals surface area (Å²) in [6.07, 6.45) is 0.199. The molecule has 0 aliphatic heterocycles. The maximum Gasteiger partial charge on any atom is 0.341 e. The molecule has 5 nitrogen and oxygen atoms in total. The van der Waals surface area contributed by atoms with Crippen molar-refractivity contribution in [1.82, 2.24) is 4.98 Å². The van der Waals surface area contributed by atoms with Crippen molar-refractivity contribution in [2.24, 2.45) is 0 Å². The third-order valence-corrected chi connectivity index (χ3v) is 4.42. The lowest BCUT2D eigenvalue weighted by Crippen LogP contribution is -2.30. The van der Waals surface area contributed by atoms with Gasteiger partial charge in [0.25, 0.3) is 11.7 Å². The van der Waals surface area contributed by atoms with Gasteiger partial charge in [0.15, 0.2) is 6.10 Å². The van der Waals surface area contributed by atoms with E-state index < -0.39 is 23.7 Å². The highest BCUT2D eigenvalue weighted by Crippen LogP contribution is 2.27. The number of carbonyl (C=O) groups is 2. The summed E-state index contributed by atoms with van der Waals surface area (Å²) in [7, 11) is 0. The monoisotopic (exact) mass is 394 g/mol. The van der Waals surface area contributed by atoms with Crippen LogP contribution in [0.15, 0.2) is 47.6 Å². The molecule has 0 aliphatic carbocycles. The van der Waals surface area contributed by atoms with Gasteiger partial charge in [0.2, 0.25) is 0 Å². The maximum atomic E-state index is 12.6. The molecule has 1 aromatic heterocycles. The maximum absolute atomic E-state index is 12.6. The van der Waals surface area contributed by atoms with E-state index >= 15 is 0 Å². The second-order valence-corrected chi connectivity index (χ2v) is 7.03. The van der Waals surface area contributed by atoms with Crippen molar-refractivity contribution in [2.75, 3.05) is 5.32 Å². The minimum absolute atomic E-state index is 0.108. The molecule has 0 saturated carbocycles. The van der Waals surface area contributed by atoms with Gasteiger partial charge in [-0.2, -0.15) is 8.78 Å². The summed E-state index contributed by atoms with van der Waals surface area (Å²) in [5.41, 5.74) is 1.60. The zero-order chi connectivity index (χ0) is 20.0. The van der Waals surface area contributed by atoms with E-state index in [1.165, 1.54) is 25.3 Å². The largest absolute Gasteiger partial charge is 0.449 e. The van der Waals surface area contributed by atoms with Crippen molar-refractivity contribution in [3.8, 4) is 0 Å². The van der Waals surface area contributed by atoms with E-state index in [1.54, 1.807) is 12.1 Å². The van der Waals surface area contributed by atoms with Gasteiger partial charge in [-0.15, -0.1) is 0 Å². The average molecular weight is 394 g/mol. The van der Waals surface area contributed by atoms with Crippen LogP contribution in [0, 0.1) is 0 Å². The predicted octanol–water partition coefficient (Wildman–Crippen LogP) is 4.70. The summed E-state index contributed by atoms with van der Waals surface area (Å²) in [6, 6.07) is 10.1. The van der Waals surface area contributed by atoms with Gasteiger partial charge in [-0.1, -0.05) is 26.0 Å². The number of anilines is 1. The predicted molar refractivity (Wildman–Crippen MR) is 100 cm³/mol. The highest BCUT2D eigenvalue weighted by atomic mass is 32.2. The van der Waals surface area contributed by atoms with E-state index in [0.29, 0.717) is 11.6 Å². The summed E-state index contributed by atoms with van der Waals surface area (Å²) < 4.78 is 30.3. The minimum Gasteiger partial charge on any atom is -0.449 e. The van der Waals surface area contributed by atoms with Crippen LogP contribution in [-0.4, -0.2) is 28.7 Å². The summed E-state index contributed by atoms with van der Waals surface area (Å²) in [5, 5.41) is 2.51. The first-order valence-corrected chi connectivity index (χ1v) is 9.17. The van der Waals surface area contributed by atoms with Crippen LogP contribution in [0.25, 0.3) is 0 Å². The average Bonchev–Trinajstić information content (AvgIpc) is 2.61. The number of amides is 1. The van der Waals surface area contributed by atoms with Crippen molar-refractivity contribution >= 4 is 29.3 Å². The Morgan fingerprint density at radius 1 is 1.11 bits per heavy atom. The quantitative estimate of drug-likeness (QED) is 0.544. The SMILES string of the molecule is CC(C)c1ccc(NC(=O)[C@@H](C)OC(=O)c2cccnc2SC(F)F)cc1. The molecule has 0 aliphatic rings. The number of esters is 1. The number of aromatic nitrogens is 1. The molecule has 1 atom stereocenters. The van der Waals surface area contributed by atoms with E-state index in [9.17, 15) is 18.4 Å². The third-order valence-electron chi connectivity index (χ3n) is 3.69. The third kappa shape index (κ3) is 6.02. The van der Waals surface area contributed by atoms with Crippen LogP contribution >= 0.6 is 11.8 Å². The first-order chi connectivity index (χ1) is 12.8. The molecule has 1 heterocycles. The first kappa shape index (κ1) is 20.8. The summed E-state index contributed by atoms with van der Waals surface area (Å²) in [6.45, 7) is 5.54. The number of nitrogens with one attached hydrogen (secondary N) is 1. The fourth-order valence-corrected chi connectivity index (χ4v) is 2.77. The zero-order valence-corrected chi connectivity index (χ0v) is 15.9. The number of thioether (sulfide) groups is 1. The number of carbonyl (C=O) groups excluding carboxylic acids is 2. The summed E-state index contributed by atoms with van der Waals surface area (Å²) >= 11 is 0.149. The van der Waals surface area contributed by atoms with Crippen molar-refractivity contribution in [2.45, 2.75) is 43.6 Å². The molecule has 1 aromatic carbocycles. The number of alkyl halides is 2. The van der Waals surface area contributed by atoms with Crippen molar-refractivity contribution in [3.63, 3.8) is 0 Å². The summed E-state index contributed by atoms with van der Waals surface area (Å²) in [4.78, 5) is 28.2. The van der Waals surface area contributed by atoms with E-state index in [1.807, 2.05) is 12.1 Å². The van der Waals surface area contributed by atoms with Crippen LogP contribution in [0.4, 0.5) is 14.5 Å². The lowest BCUT2D eigenvalue weighted by molar-refractivity contribution is -0.123. The molecule has 2 aromatic rings. The van der Waals surface area contributed by atoms with Gasteiger partial charge < -0.3 is 10.1 Å². The Labute approximate surface area is 160 Å². The van der Waals surface area contributed by atoms with Crippen molar-refractivity contribution < 1.29 is 23.1 Å². The Morgan fingerprint density at radius 3 is 2.37 bits per heavy atom. The number of ether oxygens (including phenoxy) is 1. The molecule has 0 fully saturated rings. The fourth-order valence-electron chi connectivity index (χ4n) is 2.20. The van der Waals surface area contributed by atoms with Crippen LogP contribution < -0.4 is 5.32 Å². The fraction of sp³-hybridized carbons (Fsp3) is 0.316. The molecule has 27 heavy (non-hydrogen) atoms. The lowest BCUT2D eigenvalue weighted by atomic mass is 10.0. The summed E-state index contributed by atoms with van der Waals surface area (Å²) in [5.74, 6) is -3.76. The molecule has 8 heteroatoms. The molecule has 1 N–H and O–H groups in total. The van der Waals surface area contributed by atoms with E-state index in [0.717, 1.165) is 5.56 Å². The molecular weight excluding hydrogens is 374 g/mol. The highest BCUT2D eigenvalue weighted by molar-refractivity contribution is 7.99. The van der Waals surface area contributed by atoms with Crippen LogP contribution in [0.1, 0.15) is 42.6 Å².